The molecule has 4 rings (SSSR count). The third-order valence-electron chi connectivity index (χ3n) is 3.89. The van der Waals surface area contributed by atoms with Crippen LogP contribution in [0.4, 0.5) is 0 Å². The highest BCUT2D eigenvalue weighted by atomic mass is 79.9. The first-order valence-corrected chi connectivity index (χ1v) is 7.85. The molecule has 0 aliphatic carbocycles. The van der Waals surface area contributed by atoms with Crippen LogP contribution in [0, 0.1) is 0 Å². The maximum Gasteiger partial charge on any atom is 0.298 e. The standard InChI is InChI=1S/C15H14BrN3O2/c16-9-4-5-11-10(7-9)13-14(21-11)15(20)19-8-17-6-2-1-3-12(19)18-13/h4-5,7,17H,1-3,6,8H2. The molecule has 5 nitrogen and oxygen atoms in total. The van der Waals surface area contributed by atoms with E-state index in [1.807, 2.05) is 18.2 Å². The van der Waals surface area contributed by atoms with Crippen LogP contribution >= 0.6 is 15.9 Å². The number of aromatic nitrogens is 2. The van der Waals surface area contributed by atoms with Gasteiger partial charge in [-0.05, 0) is 37.6 Å². The molecule has 1 aliphatic rings. The predicted molar refractivity (Wildman–Crippen MR) is 84.4 cm³/mol. The molecule has 1 N–H and O–H groups in total. The van der Waals surface area contributed by atoms with E-state index in [1.54, 1.807) is 4.57 Å². The molecule has 2 aromatic heterocycles. The zero-order valence-electron chi connectivity index (χ0n) is 11.4. The van der Waals surface area contributed by atoms with Crippen molar-refractivity contribution < 1.29 is 4.42 Å². The molecule has 108 valence electrons. The third-order valence-corrected chi connectivity index (χ3v) is 4.38. The van der Waals surface area contributed by atoms with Crippen molar-refractivity contribution in [2.45, 2.75) is 25.9 Å². The number of aryl methyl sites for hydroxylation is 1. The lowest BCUT2D eigenvalue weighted by molar-refractivity contribution is 0.468. The van der Waals surface area contributed by atoms with Gasteiger partial charge in [-0.15, -0.1) is 0 Å². The number of benzene rings is 1. The van der Waals surface area contributed by atoms with Crippen LogP contribution in [0.2, 0.25) is 0 Å². The molecule has 6 heteroatoms. The topological polar surface area (TPSA) is 60.1 Å². The Balaban J connectivity index is 2.07. The van der Waals surface area contributed by atoms with Crippen LogP contribution in [0.15, 0.2) is 31.9 Å². The summed E-state index contributed by atoms with van der Waals surface area (Å²) in [6.07, 6.45) is 2.96. The second-order valence-electron chi connectivity index (χ2n) is 5.30. The van der Waals surface area contributed by atoms with Gasteiger partial charge in [0.2, 0.25) is 5.58 Å². The number of halogens is 1. The Morgan fingerprint density at radius 2 is 2.24 bits per heavy atom. The van der Waals surface area contributed by atoms with Gasteiger partial charge in [-0.25, -0.2) is 4.98 Å². The fraction of sp³-hybridized carbons (Fsp3) is 0.333. The number of furan rings is 1. The molecule has 0 radical (unpaired) electrons. The first-order chi connectivity index (χ1) is 10.2. The van der Waals surface area contributed by atoms with E-state index in [9.17, 15) is 4.79 Å². The summed E-state index contributed by atoms with van der Waals surface area (Å²) in [6.45, 7) is 1.43. The summed E-state index contributed by atoms with van der Waals surface area (Å²) >= 11 is 3.46. The molecule has 1 aliphatic heterocycles. The summed E-state index contributed by atoms with van der Waals surface area (Å²) in [5, 5.41) is 4.15. The van der Waals surface area contributed by atoms with Crippen LogP contribution in [-0.4, -0.2) is 16.1 Å². The first kappa shape index (κ1) is 13.0. The van der Waals surface area contributed by atoms with Gasteiger partial charge in [0.25, 0.3) is 5.56 Å². The first-order valence-electron chi connectivity index (χ1n) is 7.06. The lowest BCUT2D eigenvalue weighted by atomic mass is 10.2. The molecule has 3 aromatic rings. The Kier molecular flexibility index (Phi) is 3.08. The van der Waals surface area contributed by atoms with Crippen molar-refractivity contribution in [2.24, 2.45) is 0 Å². The summed E-state index contributed by atoms with van der Waals surface area (Å²) in [7, 11) is 0. The molecule has 0 saturated carbocycles. The molecular formula is C15H14BrN3O2. The molecule has 0 bridgehead atoms. The van der Waals surface area contributed by atoms with Crippen molar-refractivity contribution in [1.82, 2.24) is 14.9 Å². The molecule has 0 amide bonds. The highest BCUT2D eigenvalue weighted by Crippen LogP contribution is 2.28. The monoisotopic (exact) mass is 347 g/mol. The van der Waals surface area contributed by atoms with Crippen molar-refractivity contribution >= 4 is 38.0 Å². The second-order valence-corrected chi connectivity index (χ2v) is 6.21. The molecule has 0 saturated heterocycles. The number of nitrogens with zero attached hydrogens (tertiary/aromatic N) is 2. The lowest BCUT2D eigenvalue weighted by Gasteiger charge is -2.15. The maximum absolute atomic E-state index is 12.7. The van der Waals surface area contributed by atoms with Crippen molar-refractivity contribution in [1.29, 1.82) is 0 Å². The Hall–Kier alpha value is -1.66. The van der Waals surface area contributed by atoms with Gasteiger partial charge in [0.15, 0.2) is 0 Å². The van der Waals surface area contributed by atoms with E-state index >= 15 is 0 Å². The summed E-state index contributed by atoms with van der Waals surface area (Å²) in [4.78, 5) is 17.4. The molecule has 0 fully saturated rings. The number of fused-ring (bicyclic) bond motifs is 4. The van der Waals surface area contributed by atoms with Crippen LogP contribution in [-0.2, 0) is 13.1 Å². The maximum atomic E-state index is 12.7. The number of nitrogens with one attached hydrogen (secondary N) is 1. The largest absolute Gasteiger partial charge is 0.448 e. The summed E-state index contributed by atoms with van der Waals surface area (Å²) < 4.78 is 8.38. The number of hydrogen-bond acceptors (Lipinski definition) is 4. The van der Waals surface area contributed by atoms with Crippen LogP contribution in [0.1, 0.15) is 18.7 Å². The Labute approximate surface area is 129 Å². The van der Waals surface area contributed by atoms with Gasteiger partial charge in [-0.1, -0.05) is 15.9 Å². The van der Waals surface area contributed by atoms with Crippen molar-refractivity contribution in [3.8, 4) is 0 Å². The number of hydrogen-bond donors (Lipinski definition) is 1. The van der Waals surface area contributed by atoms with Gasteiger partial charge in [0.1, 0.15) is 16.9 Å². The molecule has 21 heavy (non-hydrogen) atoms. The summed E-state index contributed by atoms with van der Waals surface area (Å²) in [5.74, 6) is 0.836. The van der Waals surface area contributed by atoms with Crippen molar-refractivity contribution in [3.63, 3.8) is 0 Å². The zero-order valence-corrected chi connectivity index (χ0v) is 12.9. The van der Waals surface area contributed by atoms with E-state index < -0.39 is 0 Å². The molecule has 0 unspecified atom stereocenters. The molecule has 3 heterocycles. The zero-order chi connectivity index (χ0) is 14.4. The molecule has 0 atom stereocenters. The van der Waals surface area contributed by atoms with E-state index in [0.29, 0.717) is 23.4 Å². The highest BCUT2D eigenvalue weighted by molar-refractivity contribution is 9.10. The Morgan fingerprint density at radius 1 is 1.33 bits per heavy atom. The van der Waals surface area contributed by atoms with Gasteiger partial charge in [0.05, 0.1) is 6.67 Å². The van der Waals surface area contributed by atoms with Gasteiger partial charge >= 0.3 is 0 Å². The van der Waals surface area contributed by atoms with Crippen molar-refractivity contribution in [2.75, 3.05) is 6.54 Å². The predicted octanol–water partition coefficient (Wildman–Crippen LogP) is 2.79. The van der Waals surface area contributed by atoms with Gasteiger partial charge in [0, 0.05) is 16.3 Å². The number of rotatable bonds is 0. The molecule has 1 aromatic carbocycles. The Bertz CT molecular complexity index is 897. The lowest BCUT2D eigenvalue weighted by Crippen LogP contribution is -2.33. The third kappa shape index (κ3) is 2.10. The average Bonchev–Trinajstić information content (AvgIpc) is 2.79. The van der Waals surface area contributed by atoms with Crippen LogP contribution in [0.25, 0.3) is 22.1 Å². The minimum Gasteiger partial charge on any atom is -0.448 e. The van der Waals surface area contributed by atoms with Gasteiger partial charge < -0.3 is 4.42 Å². The minimum absolute atomic E-state index is 0.100. The van der Waals surface area contributed by atoms with Gasteiger partial charge in [-0.3, -0.25) is 14.7 Å². The highest BCUT2D eigenvalue weighted by Gasteiger charge is 2.18. The smallest absolute Gasteiger partial charge is 0.298 e. The quantitative estimate of drug-likeness (QED) is 0.679. The second kappa shape index (κ2) is 4.96. The van der Waals surface area contributed by atoms with E-state index in [2.05, 4.69) is 21.2 Å². The fourth-order valence-corrected chi connectivity index (χ4v) is 3.18. The van der Waals surface area contributed by atoms with Crippen LogP contribution in [0.3, 0.4) is 0 Å². The van der Waals surface area contributed by atoms with Crippen LogP contribution in [0.5, 0.6) is 0 Å². The normalized spacial score (nSPS) is 15.9. The van der Waals surface area contributed by atoms with E-state index in [-0.39, 0.29) is 5.56 Å². The minimum atomic E-state index is -0.100. The SMILES string of the molecule is O=c1c2oc3ccc(Br)cc3c2nc2n1CNCCCC2. The average molecular weight is 348 g/mol. The van der Waals surface area contributed by atoms with E-state index in [4.69, 9.17) is 9.40 Å². The van der Waals surface area contributed by atoms with E-state index in [1.165, 1.54) is 0 Å². The summed E-state index contributed by atoms with van der Waals surface area (Å²) in [5.41, 5.74) is 1.61. The fourth-order valence-electron chi connectivity index (χ4n) is 2.82. The van der Waals surface area contributed by atoms with Gasteiger partial charge in [-0.2, -0.15) is 0 Å². The summed E-state index contributed by atoms with van der Waals surface area (Å²) in [6, 6.07) is 5.71. The van der Waals surface area contributed by atoms with Crippen LogP contribution < -0.4 is 10.9 Å². The van der Waals surface area contributed by atoms with E-state index in [0.717, 1.165) is 41.5 Å². The molecule has 0 spiro atoms. The Morgan fingerprint density at radius 3 is 3.14 bits per heavy atom. The van der Waals surface area contributed by atoms with Crippen molar-refractivity contribution in [3.05, 3.63) is 38.9 Å². The molecular weight excluding hydrogens is 334 g/mol.